The Hall–Kier alpha value is -1.62. The molecule has 4 nitrogen and oxygen atoms in total. The topological polar surface area (TPSA) is 46.6 Å². The number of benzene rings is 1. The Morgan fingerprint density at radius 2 is 2.12 bits per heavy atom. The van der Waals surface area contributed by atoms with Crippen LogP contribution in [0, 0.1) is 5.82 Å². The third kappa shape index (κ3) is 3.42. The number of amides is 1. The average molecular weight is 260 g/mol. The number of esters is 1. The van der Waals surface area contributed by atoms with Crippen LogP contribution in [-0.4, -0.2) is 26.0 Å². The quantitative estimate of drug-likeness (QED) is 0.616. The molecule has 0 radical (unpaired) electrons. The molecule has 0 heterocycles. The van der Waals surface area contributed by atoms with Crippen molar-refractivity contribution < 1.29 is 18.7 Å². The average Bonchev–Trinajstić information content (AvgIpc) is 2.31. The molecule has 0 spiro atoms. The Kier molecular flexibility index (Phi) is 4.45. The maximum Gasteiger partial charge on any atom is 0.315 e. The number of anilines is 1. The normalized spacial score (nSPS) is 9.88. The molecule has 0 saturated carbocycles. The molecule has 0 aliphatic carbocycles. The fourth-order valence-corrected chi connectivity index (χ4v) is 1.33. The van der Waals surface area contributed by atoms with Gasteiger partial charge in [0.25, 0.3) is 0 Å². The molecule has 0 N–H and O–H groups in total. The summed E-state index contributed by atoms with van der Waals surface area (Å²) in [5.74, 6) is -1.65. The molecule has 92 valence electrons. The number of ether oxygens (including phenoxy) is 1. The van der Waals surface area contributed by atoms with Crippen molar-refractivity contribution in [3.8, 4) is 0 Å². The van der Waals surface area contributed by atoms with E-state index in [-0.39, 0.29) is 11.4 Å². The van der Waals surface area contributed by atoms with Gasteiger partial charge in [-0.25, -0.2) is 4.39 Å². The van der Waals surface area contributed by atoms with Crippen molar-refractivity contribution in [2.45, 2.75) is 6.42 Å². The minimum absolute atomic E-state index is 0.0831. The first-order valence-corrected chi connectivity index (χ1v) is 5.12. The minimum Gasteiger partial charge on any atom is -0.469 e. The summed E-state index contributed by atoms with van der Waals surface area (Å²) in [5, 5.41) is -0.0831. The third-order valence-corrected chi connectivity index (χ3v) is 2.48. The highest BCUT2D eigenvalue weighted by Gasteiger charge is 2.16. The van der Waals surface area contributed by atoms with Crippen LogP contribution in [0.5, 0.6) is 0 Å². The van der Waals surface area contributed by atoms with Crippen LogP contribution in [-0.2, 0) is 14.3 Å². The van der Waals surface area contributed by atoms with Gasteiger partial charge in [-0.1, -0.05) is 11.6 Å². The lowest BCUT2D eigenvalue weighted by Crippen LogP contribution is -2.28. The van der Waals surface area contributed by atoms with Gasteiger partial charge in [-0.2, -0.15) is 0 Å². The summed E-state index contributed by atoms with van der Waals surface area (Å²) in [7, 11) is 2.67. The number of nitrogens with zero attached hydrogens (tertiary/aromatic N) is 1. The van der Waals surface area contributed by atoms with Gasteiger partial charge in [0.2, 0.25) is 5.91 Å². The Bertz CT molecular complexity index is 450. The van der Waals surface area contributed by atoms with E-state index in [0.717, 1.165) is 6.07 Å². The van der Waals surface area contributed by atoms with Crippen LogP contribution in [0.15, 0.2) is 18.2 Å². The van der Waals surface area contributed by atoms with Gasteiger partial charge < -0.3 is 9.64 Å². The number of hydrogen-bond donors (Lipinski definition) is 0. The van der Waals surface area contributed by atoms with Crippen molar-refractivity contribution >= 4 is 29.2 Å². The van der Waals surface area contributed by atoms with E-state index in [9.17, 15) is 14.0 Å². The predicted octanol–water partition coefficient (Wildman–Crippen LogP) is 2.00. The standard InChI is InChI=1S/C11H11ClFNO3/c1-14(10(15)6-11(16)17-2)7-3-4-9(13)8(12)5-7/h3-5H,6H2,1-2H3. The van der Waals surface area contributed by atoms with E-state index in [1.807, 2.05) is 0 Å². The molecule has 0 saturated heterocycles. The second-order valence-corrected chi connectivity index (χ2v) is 3.71. The number of carbonyl (C=O) groups is 2. The smallest absolute Gasteiger partial charge is 0.315 e. The summed E-state index contributed by atoms with van der Waals surface area (Å²) in [6, 6.07) is 3.86. The van der Waals surface area contributed by atoms with Gasteiger partial charge in [0.15, 0.2) is 0 Å². The largest absolute Gasteiger partial charge is 0.469 e. The molecular weight excluding hydrogens is 249 g/mol. The monoisotopic (exact) mass is 259 g/mol. The number of methoxy groups -OCH3 is 1. The predicted molar refractivity (Wildman–Crippen MR) is 61.5 cm³/mol. The van der Waals surface area contributed by atoms with Gasteiger partial charge in [0.05, 0.1) is 12.1 Å². The molecular formula is C11H11ClFNO3. The molecule has 0 bridgehead atoms. The Morgan fingerprint density at radius 1 is 1.47 bits per heavy atom. The van der Waals surface area contributed by atoms with Gasteiger partial charge in [-0.15, -0.1) is 0 Å². The first-order valence-electron chi connectivity index (χ1n) is 4.74. The molecule has 6 heteroatoms. The summed E-state index contributed by atoms with van der Waals surface area (Å²) in [4.78, 5) is 23.7. The van der Waals surface area contributed by atoms with Crippen LogP contribution in [0.25, 0.3) is 0 Å². The van der Waals surface area contributed by atoms with Crippen molar-refractivity contribution in [1.29, 1.82) is 0 Å². The Labute approximate surface area is 103 Å². The second-order valence-electron chi connectivity index (χ2n) is 3.30. The van der Waals surface area contributed by atoms with E-state index >= 15 is 0 Å². The number of halogens is 2. The maximum absolute atomic E-state index is 12.9. The molecule has 0 aromatic heterocycles. The number of hydrogen-bond acceptors (Lipinski definition) is 3. The highest BCUT2D eigenvalue weighted by Crippen LogP contribution is 2.22. The van der Waals surface area contributed by atoms with Crippen LogP contribution in [0.1, 0.15) is 6.42 Å². The fourth-order valence-electron chi connectivity index (χ4n) is 1.15. The minimum atomic E-state index is -0.630. The van der Waals surface area contributed by atoms with Crippen LogP contribution < -0.4 is 4.90 Å². The number of carbonyl (C=O) groups excluding carboxylic acids is 2. The second kappa shape index (κ2) is 5.63. The summed E-state index contributed by atoms with van der Waals surface area (Å²) in [6.45, 7) is 0. The molecule has 1 rings (SSSR count). The van der Waals surface area contributed by atoms with E-state index in [0.29, 0.717) is 5.69 Å². The molecule has 0 atom stereocenters. The summed E-state index contributed by atoms with van der Waals surface area (Å²) in [6.07, 6.45) is -0.373. The lowest BCUT2D eigenvalue weighted by Gasteiger charge is -2.17. The van der Waals surface area contributed by atoms with E-state index in [1.165, 1.54) is 31.2 Å². The zero-order chi connectivity index (χ0) is 13.0. The Balaban J connectivity index is 2.81. The lowest BCUT2D eigenvalue weighted by molar-refractivity contribution is -0.143. The molecule has 0 aliphatic heterocycles. The highest BCUT2D eigenvalue weighted by atomic mass is 35.5. The summed E-state index contributed by atoms with van der Waals surface area (Å²) >= 11 is 5.59. The zero-order valence-electron chi connectivity index (χ0n) is 9.37. The van der Waals surface area contributed by atoms with Crippen molar-refractivity contribution in [2.75, 3.05) is 19.1 Å². The molecule has 0 aliphatic rings. The first kappa shape index (κ1) is 13.4. The van der Waals surface area contributed by atoms with E-state index in [1.54, 1.807) is 0 Å². The van der Waals surface area contributed by atoms with Crippen LogP contribution in [0.3, 0.4) is 0 Å². The van der Waals surface area contributed by atoms with Crippen LogP contribution >= 0.6 is 11.6 Å². The molecule has 1 aromatic carbocycles. The Morgan fingerprint density at radius 3 is 2.65 bits per heavy atom. The molecule has 1 amide bonds. The molecule has 1 aromatic rings. The van der Waals surface area contributed by atoms with Crippen LogP contribution in [0.4, 0.5) is 10.1 Å². The van der Waals surface area contributed by atoms with Gasteiger partial charge >= 0.3 is 5.97 Å². The first-order chi connectivity index (χ1) is 7.95. The van der Waals surface area contributed by atoms with Crippen LogP contribution in [0.2, 0.25) is 5.02 Å². The summed E-state index contributed by atoms with van der Waals surface area (Å²) in [5.41, 5.74) is 0.408. The zero-order valence-corrected chi connectivity index (χ0v) is 10.1. The molecule has 17 heavy (non-hydrogen) atoms. The van der Waals surface area contributed by atoms with Crippen molar-refractivity contribution in [3.05, 3.63) is 29.0 Å². The fraction of sp³-hybridized carbons (Fsp3) is 0.273. The molecule has 0 unspecified atom stereocenters. The highest BCUT2D eigenvalue weighted by molar-refractivity contribution is 6.31. The maximum atomic E-state index is 12.9. The lowest BCUT2D eigenvalue weighted by atomic mass is 10.2. The van der Waals surface area contributed by atoms with Gasteiger partial charge in [-0.3, -0.25) is 9.59 Å². The van der Waals surface area contributed by atoms with Gasteiger partial charge in [-0.05, 0) is 18.2 Å². The van der Waals surface area contributed by atoms with E-state index < -0.39 is 17.7 Å². The van der Waals surface area contributed by atoms with E-state index in [4.69, 9.17) is 11.6 Å². The van der Waals surface area contributed by atoms with Crippen molar-refractivity contribution in [3.63, 3.8) is 0 Å². The van der Waals surface area contributed by atoms with Crippen molar-refractivity contribution in [1.82, 2.24) is 0 Å². The summed E-state index contributed by atoms with van der Waals surface area (Å²) < 4.78 is 17.3. The molecule has 0 fully saturated rings. The van der Waals surface area contributed by atoms with Gasteiger partial charge in [0.1, 0.15) is 12.2 Å². The third-order valence-electron chi connectivity index (χ3n) is 2.19. The van der Waals surface area contributed by atoms with Gasteiger partial charge in [0, 0.05) is 12.7 Å². The van der Waals surface area contributed by atoms with E-state index in [2.05, 4.69) is 4.74 Å². The number of rotatable bonds is 3. The SMILES string of the molecule is COC(=O)CC(=O)N(C)c1ccc(F)c(Cl)c1. The van der Waals surface area contributed by atoms with Crippen molar-refractivity contribution in [2.24, 2.45) is 0 Å².